The number of nitrogens with one attached hydrogen (secondary N) is 1. The molecule has 3 heterocycles. The molecule has 0 spiro atoms. The van der Waals surface area contributed by atoms with Crippen molar-refractivity contribution in [3.05, 3.63) is 35.5 Å². The molecule has 0 amide bonds. The van der Waals surface area contributed by atoms with E-state index in [1.807, 2.05) is 16.9 Å². The molecule has 1 aliphatic rings. The zero-order valence-electron chi connectivity index (χ0n) is 13.7. The molecule has 0 aromatic carbocycles. The maximum Gasteiger partial charge on any atom is 0.254 e. The topological polar surface area (TPSA) is 93.2 Å². The predicted octanol–water partition coefficient (Wildman–Crippen LogP) is 1.36. The van der Waals surface area contributed by atoms with Gasteiger partial charge in [0.05, 0.1) is 25.4 Å². The van der Waals surface area contributed by atoms with Gasteiger partial charge in [-0.05, 0) is 25.7 Å². The fourth-order valence-corrected chi connectivity index (χ4v) is 3.38. The molecule has 0 saturated carbocycles. The molecule has 0 unspecified atom stereocenters. The molecule has 2 N–H and O–H groups in total. The van der Waals surface area contributed by atoms with Crippen molar-refractivity contribution in [2.75, 3.05) is 11.9 Å². The van der Waals surface area contributed by atoms with Crippen molar-refractivity contribution in [1.29, 1.82) is 0 Å². The van der Waals surface area contributed by atoms with E-state index in [-0.39, 0.29) is 12.6 Å². The zero-order valence-corrected chi connectivity index (χ0v) is 13.7. The van der Waals surface area contributed by atoms with Gasteiger partial charge in [-0.1, -0.05) is 6.92 Å². The fourth-order valence-electron chi connectivity index (χ4n) is 3.38. The first-order valence-corrected chi connectivity index (χ1v) is 8.41. The highest BCUT2D eigenvalue weighted by molar-refractivity contribution is 5.47. The molecule has 0 aliphatic heterocycles. The van der Waals surface area contributed by atoms with Gasteiger partial charge in [0, 0.05) is 23.0 Å². The average molecular weight is 327 g/mol. The van der Waals surface area contributed by atoms with Crippen molar-refractivity contribution in [3.63, 3.8) is 0 Å². The van der Waals surface area contributed by atoms with Crippen LogP contribution in [0.15, 0.2) is 18.6 Å². The highest BCUT2D eigenvalue weighted by Gasteiger charge is 2.25. The van der Waals surface area contributed by atoms with Crippen molar-refractivity contribution < 1.29 is 5.11 Å². The SMILES string of the molecule is CCc1cc(N[C@@H]2CCCc3c2cnn3CCO)n2ncnc2n1. The second kappa shape index (κ2) is 6.20. The molecular weight excluding hydrogens is 306 g/mol. The van der Waals surface area contributed by atoms with Crippen LogP contribution in [0.5, 0.6) is 0 Å². The number of anilines is 1. The van der Waals surface area contributed by atoms with Gasteiger partial charge in [-0.3, -0.25) is 4.68 Å². The van der Waals surface area contributed by atoms with Crippen LogP contribution in [0.2, 0.25) is 0 Å². The quantitative estimate of drug-likeness (QED) is 0.735. The summed E-state index contributed by atoms with van der Waals surface area (Å²) in [6, 6.07) is 2.22. The highest BCUT2D eigenvalue weighted by atomic mass is 16.3. The van der Waals surface area contributed by atoms with E-state index >= 15 is 0 Å². The van der Waals surface area contributed by atoms with Crippen molar-refractivity contribution in [3.8, 4) is 0 Å². The Hall–Kier alpha value is -2.48. The third-order valence-corrected chi connectivity index (χ3v) is 4.56. The Labute approximate surface area is 139 Å². The molecule has 8 nitrogen and oxygen atoms in total. The molecule has 0 radical (unpaired) electrons. The van der Waals surface area contributed by atoms with Gasteiger partial charge in [0.2, 0.25) is 0 Å². The van der Waals surface area contributed by atoms with Crippen LogP contribution < -0.4 is 5.32 Å². The molecule has 24 heavy (non-hydrogen) atoms. The molecule has 1 aliphatic carbocycles. The van der Waals surface area contributed by atoms with E-state index in [4.69, 9.17) is 0 Å². The predicted molar refractivity (Wildman–Crippen MR) is 88.8 cm³/mol. The van der Waals surface area contributed by atoms with E-state index in [1.54, 1.807) is 4.52 Å². The van der Waals surface area contributed by atoms with Gasteiger partial charge in [-0.2, -0.15) is 19.7 Å². The largest absolute Gasteiger partial charge is 0.394 e. The van der Waals surface area contributed by atoms with Crippen LogP contribution in [0, 0.1) is 0 Å². The summed E-state index contributed by atoms with van der Waals surface area (Å²) >= 11 is 0. The molecule has 3 aromatic rings. The van der Waals surface area contributed by atoms with E-state index < -0.39 is 0 Å². The van der Waals surface area contributed by atoms with Crippen LogP contribution in [-0.4, -0.2) is 41.1 Å². The van der Waals surface area contributed by atoms with Crippen LogP contribution in [0.25, 0.3) is 5.78 Å². The smallest absolute Gasteiger partial charge is 0.254 e. The lowest BCUT2D eigenvalue weighted by Crippen LogP contribution is -2.20. The first-order chi connectivity index (χ1) is 11.8. The van der Waals surface area contributed by atoms with Gasteiger partial charge in [-0.25, -0.2) is 4.98 Å². The third kappa shape index (κ3) is 2.52. The van der Waals surface area contributed by atoms with Crippen LogP contribution >= 0.6 is 0 Å². The van der Waals surface area contributed by atoms with E-state index in [1.165, 1.54) is 17.6 Å². The van der Waals surface area contributed by atoms with Crippen molar-refractivity contribution in [2.24, 2.45) is 0 Å². The summed E-state index contributed by atoms with van der Waals surface area (Å²) < 4.78 is 3.66. The second-order valence-electron chi connectivity index (χ2n) is 6.04. The summed E-state index contributed by atoms with van der Waals surface area (Å²) in [7, 11) is 0. The summed E-state index contributed by atoms with van der Waals surface area (Å²) in [5, 5.41) is 21.5. The maximum absolute atomic E-state index is 9.19. The second-order valence-corrected chi connectivity index (χ2v) is 6.04. The molecular formula is C16H21N7O. The number of nitrogens with zero attached hydrogens (tertiary/aromatic N) is 6. The number of aliphatic hydroxyl groups excluding tert-OH is 1. The lowest BCUT2D eigenvalue weighted by atomic mass is 9.93. The molecule has 3 aromatic heterocycles. The van der Waals surface area contributed by atoms with Gasteiger partial charge in [0.1, 0.15) is 12.1 Å². The minimum absolute atomic E-state index is 0.107. The molecule has 1 atom stereocenters. The minimum Gasteiger partial charge on any atom is -0.394 e. The Bertz CT molecular complexity index is 853. The first kappa shape index (κ1) is 15.1. The van der Waals surface area contributed by atoms with Gasteiger partial charge in [0.15, 0.2) is 0 Å². The van der Waals surface area contributed by atoms with Gasteiger partial charge < -0.3 is 10.4 Å². The van der Waals surface area contributed by atoms with E-state index in [0.29, 0.717) is 12.3 Å². The summed E-state index contributed by atoms with van der Waals surface area (Å²) in [5.74, 6) is 1.52. The summed E-state index contributed by atoms with van der Waals surface area (Å²) in [6.07, 6.45) is 7.43. The standard InChI is InChI=1S/C16H21N7O/c1-2-11-8-15(23-16(20-11)17-10-19-23)21-13-4-3-5-14-12(13)9-18-22(14)6-7-24/h8-10,13,21,24H,2-7H2,1H3/t13-/m1/s1. The molecule has 0 fully saturated rings. The van der Waals surface area contributed by atoms with E-state index in [0.717, 1.165) is 37.2 Å². The van der Waals surface area contributed by atoms with Gasteiger partial charge in [0.25, 0.3) is 5.78 Å². The van der Waals surface area contributed by atoms with Gasteiger partial charge in [-0.15, -0.1) is 0 Å². The number of hydrogen-bond acceptors (Lipinski definition) is 6. The monoisotopic (exact) mass is 327 g/mol. The zero-order chi connectivity index (χ0) is 16.5. The van der Waals surface area contributed by atoms with Crippen LogP contribution in [0.1, 0.15) is 42.8 Å². The maximum atomic E-state index is 9.19. The Morgan fingerprint density at radius 1 is 1.38 bits per heavy atom. The minimum atomic E-state index is 0.107. The summed E-state index contributed by atoms with van der Waals surface area (Å²) in [6.45, 7) is 2.73. The molecule has 0 saturated heterocycles. The van der Waals surface area contributed by atoms with Crippen LogP contribution in [0.4, 0.5) is 5.82 Å². The third-order valence-electron chi connectivity index (χ3n) is 4.56. The van der Waals surface area contributed by atoms with E-state index in [2.05, 4.69) is 32.4 Å². The van der Waals surface area contributed by atoms with Crippen LogP contribution in [0.3, 0.4) is 0 Å². The number of aliphatic hydroxyl groups is 1. The van der Waals surface area contributed by atoms with Crippen LogP contribution in [-0.2, 0) is 19.4 Å². The lowest BCUT2D eigenvalue weighted by molar-refractivity contribution is 0.266. The first-order valence-electron chi connectivity index (χ1n) is 8.41. The number of rotatable bonds is 5. The number of aryl methyl sites for hydroxylation is 1. The fraction of sp³-hybridized carbons (Fsp3) is 0.500. The Balaban J connectivity index is 1.69. The molecule has 0 bridgehead atoms. The Kier molecular flexibility index (Phi) is 3.89. The van der Waals surface area contributed by atoms with Crippen molar-refractivity contribution in [2.45, 2.75) is 45.2 Å². The number of hydrogen-bond donors (Lipinski definition) is 2. The number of fused-ring (bicyclic) bond motifs is 2. The lowest BCUT2D eigenvalue weighted by Gasteiger charge is -2.25. The Morgan fingerprint density at radius 2 is 2.29 bits per heavy atom. The van der Waals surface area contributed by atoms with Crippen molar-refractivity contribution >= 4 is 11.6 Å². The normalized spacial score (nSPS) is 17.2. The highest BCUT2D eigenvalue weighted by Crippen LogP contribution is 2.32. The van der Waals surface area contributed by atoms with Crippen molar-refractivity contribution in [1.82, 2.24) is 29.4 Å². The molecule has 4 rings (SSSR count). The molecule has 126 valence electrons. The van der Waals surface area contributed by atoms with Gasteiger partial charge >= 0.3 is 0 Å². The van der Waals surface area contributed by atoms with E-state index in [9.17, 15) is 5.11 Å². The summed E-state index contributed by atoms with van der Waals surface area (Å²) in [5.41, 5.74) is 3.41. The number of aromatic nitrogens is 6. The molecule has 8 heteroatoms. The summed E-state index contributed by atoms with van der Waals surface area (Å²) in [4.78, 5) is 8.70. The average Bonchev–Trinajstić information content (AvgIpc) is 3.23. The Morgan fingerprint density at radius 3 is 3.12 bits per heavy atom.